The van der Waals surface area contributed by atoms with E-state index in [-0.39, 0.29) is 23.8 Å². The zero-order chi connectivity index (χ0) is 19.8. The quantitative estimate of drug-likeness (QED) is 0.778. The van der Waals surface area contributed by atoms with Crippen molar-refractivity contribution < 1.29 is 9.59 Å². The van der Waals surface area contributed by atoms with Gasteiger partial charge in [-0.1, -0.05) is 25.3 Å². The first-order chi connectivity index (χ1) is 13.6. The van der Waals surface area contributed by atoms with E-state index in [1.807, 2.05) is 30.1 Å². The standard InChI is InChI=1S/C23H35N3O2/c1-26(16-14-20-9-5-6-15-24-20)23(28)19-10-12-21(13-11-19)25-22(27)17-18-7-3-2-4-8-18/h5-6,9,15,18-19,21H,2-4,7-8,10-14,16-17H2,1H3,(H,25,27). The number of nitrogens with zero attached hydrogens (tertiary/aromatic N) is 2. The summed E-state index contributed by atoms with van der Waals surface area (Å²) in [6, 6.07) is 6.14. The first-order valence-electron chi connectivity index (χ1n) is 11.1. The Morgan fingerprint density at radius 2 is 1.82 bits per heavy atom. The highest BCUT2D eigenvalue weighted by Gasteiger charge is 2.29. The molecule has 2 aliphatic carbocycles. The number of amides is 2. The maximum atomic E-state index is 12.7. The molecule has 0 spiro atoms. The molecule has 0 aliphatic heterocycles. The van der Waals surface area contributed by atoms with Gasteiger partial charge in [0, 0.05) is 50.3 Å². The van der Waals surface area contributed by atoms with Crippen LogP contribution in [0.1, 0.15) is 69.9 Å². The molecule has 28 heavy (non-hydrogen) atoms. The van der Waals surface area contributed by atoms with Crippen LogP contribution in [0, 0.1) is 11.8 Å². The van der Waals surface area contributed by atoms with Crippen LogP contribution in [-0.4, -0.2) is 41.3 Å². The average Bonchev–Trinajstić information content (AvgIpc) is 2.73. The summed E-state index contributed by atoms with van der Waals surface area (Å²) in [5, 5.41) is 3.23. The van der Waals surface area contributed by atoms with E-state index in [9.17, 15) is 9.59 Å². The summed E-state index contributed by atoms with van der Waals surface area (Å²) in [6.07, 6.45) is 13.2. The second-order valence-electron chi connectivity index (χ2n) is 8.66. The van der Waals surface area contributed by atoms with Crippen LogP contribution in [0.25, 0.3) is 0 Å². The Morgan fingerprint density at radius 1 is 1.07 bits per heavy atom. The second kappa shape index (κ2) is 10.6. The minimum Gasteiger partial charge on any atom is -0.353 e. The van der Waals surface area contributed by atoms with Gasteiger partial charge in [0.2, 0.25) is 11.8 Å². The molecule has 1 aromatic rings. The lowest BCUT2D eigenvalue weighted by Crippen LogP contribution is -2.42. The Labute approximate surface area is 169 Å². The van der Waals surface area contributed by atoms with Crippen LogP contribution in [0.5, 0.6) is 0 Å². The second-order valence-corrected chi connectivity index (χ2v) is 8.66. The van der Waals surface area contributed by atoms with Crippen molar-refractivity contribution in [3.63, 3.8) is 0 Å². The van der Waals surface area contributed by atoms with Crippen molar-refractivity contribution in [2.45, 2.75) is 76.7 Å². The molecular formula is C23H35N3O2. The third-order valence-electron chi connectivity index (χ3n) is 6.45. The first kappa shape index (κ1) is 20.8. The number of carbonyl (C=O) groups excluding carboxylic acids is 2. The average molecular weight is 386 g/mol. The summed E-state index contributed by atoms with van der Waals surface area (Å²) in [4.78, 5) is 31.2. The predicted molar refractivity (Wildman–Crippen MR) is 111 cm³/mol. The number of carbonyl (C=O) groups is 2. The van der Waals surface area contributed by atoms with E-state index in [1.165, 1.54) is 32.1 Å². The Bertz CT molecular complexity index is 620. The molecule has 1 aromatic heterocycles. The predicted octanol–water partition coefficient (Wildman–Crippen LogP) is 3.73. The largest absolute Gasteiger partial charge is 0.353 e. The summed E-state index contributed by atoms with van der Waals surface area (Å²) in [6.45, 7) is 0.702. The molecule has 2 fully saturated rings. The van der Waals surface area contributed by atoms with E-state index in [1.54, 1.807) is 6.20 Å². The van der Waals surface area contributed by atoms with Crippen LogP contribution >= 0.6 is 0 Å². The van der Waals surface area contributed by atoms with Gasteiger partial charge in [-0.25, -0.2) is 0 Å². The molecule has 0 aromatic carbocycles. The van der Waals surface area contributed by atoms with Gasteiger partial charge >= 0.3 is 0 Å². The van der Waals surface area contributed by atoms with Crippen molar-refractivity contribution in [1.29, 1.82) is 0 Å². The summed E-state index contributed by atoms with van der Waals surface area (Å²) in [5.74, 6) is 1.14. The smallest absolute Gasteiger partial charge is 0.225 e. The maximum Gasteiger partial charge on any atom is 0.225 e. The number of aromatic nitrogens is 1. The Kier molecular flexibility index (Phi) is 7.87. The van der Waals surface area contributed by atoms with Crippen molar-refractivity contribution in [3.8, 4) is 0 Å². The number of hydrogen-bond donors (Lipinski definition) is 1. The molecule has 154 valence electrons. The fraction of sp³-hybridized carbons (Fsp3) is 0.696. The third-order valence-corrected chi connectivity index (χ3v) is 6.45. The zero-order valence-electron chi connectivity index (χ0n) is 17.2. The number of nitrogens with one attached hydrogen (secondary N) is 1. The van der Waals surface area contributed by atoms with Crippen LogP contribution in [0.3, 0.4) is 0 Å². The van der Waals surface area contributed by atoms with Gasteiger partial charge in [0.25, 0.3) is 0 Å². The molecule has 2 saturated carbocycles. The van der Waals surface area contributed by atoms with Crippen molar-refractivity contribution in [2.75, 3.05) is 13.6 Å². The molecule has 0 bridgehead atoms. The van der Waals surface area contributed by atoms with Gasteiger partial charge in [0.05, 0.1) is 0 Å². The number of pyridine rings is 1. The summed E-state index contributed by atoms with van der Waals surface area (Å²) < 4.78 is 0. The van der Waals surface area contributed by atoms with E-state index < -0.39 is 0 Å². The monoisotopic (exact) mass is 385 g/mol. The fourth-order valence-electron chi connectivity index (χ4n) is 4.67. The molecule has 1 heterocycles. The minimum atomic E-state index is 0.0974. The SMILES string of the molecule is CN(CCc1ccccn1)C(=O)C1CCC(NC(=O)CC2CCCCC2)CC1. The normalized spacial score (nSPS) is 23.2. The van der Waals surface area contributed by atoms with E-state index in [4.69, 9.17) is 0 Å². The lowest BCUT2D eigenvalue weighted by Gasteiger charge is -2.31. The van der Waals surface area contributed by atoms with E-state index in [0.717, 1.165) is 37.8 Å². The summed E-state index contributed by atoms with van der Waals surface area (Å²) in [5.41, 5.74) is 1.02. The van der Waals surface area contributed by atoms with Crippen molar-refractivity contribution in [3.05, 3.63) is 30.1 Å². The van der Waals surface area contributed by atoms with E-state index in [0.29, 0.717) is 18.9 Å². The highest BCUT2D eigenvalue weighted by molar-refractivity contribution is 5.79. The van der Waals surface area contributed by atoms with Gasteiger partial charge in [-0.15, -0.1) is 0 Å². The molecular weight excluding hydrogens is 350 g/mol. The van der Waals surface area contributed by atoms with Gasteiger partial charge in [0.1, 0.15) is 0 Å². The molecule has 0 atom stereocenters. The van der Waals surface area contributed by atoms with Crippen molar-refractivity contribution in [1.82, 2.24) is 15.2 Å². The van der Waals surface area contributed by atoms with Crippen molar-refractivity contribution in [2.24, 2.45) is 11.8 Å². The number of likely N-dealkylation sites (N-methyl/N-ethyl adjacent to an activating group) is 1. The summed E-state index contributed by atoms with van der Waals surface area (Å²) >= 11 is 0. The van der Waals surface area contributed by atoms with Crippen LogP contribution in [0.4, 0.5) is 0 Å². The molecule has 2 amide bonds. The lowest BCUT2D eigenvalue weighted by molar-refractivity contribution is -0.135. The first-order valence-corrected chi connectivity index (χ1v) is 11.1. The van der Waals surface area contributed by atoms with Crippen molar-refractivity contribution >= 4 is 11.8 Å². The molecule has 1 N–H and O–H groups in total. The Hall–Kier alpha value is -1.91. The third kappa shape index (κ3) is 6.32. The van der Waals surface area contributed by atoms with Crippen LogP contribution in [0.2, 0.25) is 0 Å². The lowest BCUT2D eigenvalue weighted by atomic mass is 9.84. The molecule has 0 radical (unpaired) electrons. The molecule has 2 aliphatic rings. The van der Waals surface area contributed by atoms with Crippen LogP contribution in [0.15, 0.2) is 24.4 Å². The Balaban J connectivity index is 1.35. The van der Waals surface area contributed by atoms with Crippen LogP contribution in [-0.2, 0) is 16.0 Å². The summed E-state index contributed by atoms with van der Waals surface area (Å²) in [7, 11) is 1.89. The van der Waals surface area contributed by atoms with Gasteiger partial charge in [-0.05, 0) is 56.6 Å². The van der Waals surface area contributed by atoms with E-state index in [2.05, 4.69) is 10.3 Å². The Morgan fingerprint density at radius 3 is 2.50 bits per heavy atom. The highest BCUT2D eigenvalue weighted by Crippen LogP contribution is 2.28. The highest BCUT2D eigenvalue weighted by atomic mass is 16.2. The van der Waals surface area contributed by atoms with E-state index >= 15 is 0 Å². The number of rotatable bonds is 7. The molecule has 3 rings (SSSR count). The topological polar surface area (TPSA) is 62.3 Å². The maximum absolute atomic E-state index is 12.7. The molecule has 0 unspecified atom stereocenters. The molecule has 0 saturated heterocycles. The van der Waals surface area contributed by atoms with Gasteiger partial charge < -0.3 is 10.2 Å². The number of hydrogen-bond acceptors (Lipinski definition) is 3. The van der Waals surface area contributed by atoms with Gasteiger partial charge in [0.15, 0.2) is 0 Å². The van der Waals surface area contributed by atoms with Crippen LogP contribution < -0.4 is 5.32 Å². The molecule has 5 nitrogen and oxygen atoms in total. The molecule has 5 heteroatoms. The van der Waals surface area contributed by atoms with Gasteiger partial charge in [-0.2, -0.15) is 0 Å². The van der Waals surface area contributed by atoms with Gasteiger partial charge in [-0.3, -0.25) is 14.6 Å². The fourth-order valence-corrected chi connectivity index (χ4v) is 4.67. The minimum absolute atomic E-state index is 0.0974. The zero-order valence-corrected chi connectivity index (χ0v) is 17.2.